The summed E-state index contributed by atoms with van der Waals surface area (Å²) in [6, 6.07) is 9.61. The summed E-state index contributed by atoms with van der Waals surface area (Å²) < 4.78 is 42.7. The molecule has 4 rings (SSSR count). The van der Waals surface area contributed by atoms with Crippen LogP contribution in [0.4, 0.5) is 13.2 Å². The number of thiazole rings is 1. The first kappa shape index (κ1) is 16.6. The predicted molar refractivity (Wildman–Crippen MR) is 91.9 cm³/mol. The van der Waals surface area contributed by atoms with Crippen LogP contribution in [0.15, 0.2) is 36.4 Å². The van der Waals surface area contributed by atoms with Crippen LogP contribution in [0, 0.1) is 17.5 Å². The van der Waals surface area contributed by atoms with Gasteiger partial charge in [-0.2, -0.15) is 0 Å². The van der Waals surface area contributed by atoms with E-state index in [1.807, 2.05) is 18.2 Å². The minimum Gasteiger partial charge on any atom is -0.480 e. The lowest BCUT2D eigenvalue weighted by molar-refractivity contribution is -0.137. The first-order valence-electron chi connectivity index (χ1n) is 7.66. The number of nitrogens with zero attached hydrogens (tertiary/aromatic N) is 2. The zero-order valence-electron chi connectivity index (χ0n) is 13.2. The van der Waals surface area contributed by atoms with Crippen LogP contribution >= 0.6 is 11.3 Å². The van der Waals surface area contributed by atoms with Gasteiger partial charge in [0.1, 0.15) is 17.9 Å². The van der Waals surface area contributed by atoms with Gasteiger partial charge in [-0.1, -0.05) is 18.2 Å². The third kappa shape index (κ3) is 2.72. The van der Waals surface area contributed by atoms with Crippen molar-refractivity contribution in [2.24, 2.45) is 0 Å². The number of fused-ring (bicyclic) bond motifs is 2. The van der Waals surface area contributed by atoms with Gasteiger partial charge in [-0.15, -0.1) is 11.3 Å². The molecular weight excluding hydrogens is 365 g/mol. The van der Waals surface area contributed by atoms with Gasteiger partial charge in [0, 0.05) is 23.7 Å². The monoisotopic (exact) mass is 376 g/mol. The lowest BCUT2D eigenvalue weighted by Gasteiger charge is -2.06. The van der Waals surface area contributed by atoms with E-state index >= 15 is 0 Å². The van der Waals surface area contributed by atoms with Crippen LogP contribution in [0.1, 0.15) is 10.7 Å². The fraction of sp³-hybridized carbons (Fsp3) is 0.111. The van der Waals surface area contributed by atoms with Gasteiger partial charge in [-0.25, -0.2) is 18.2 Å². The highest BCUT2D eigenvalue weighted by Gasteiger charge is 2.19. The molecule has 0 radical (unpaired) electrons. The molecule has 2 aromatic heterocycles. The maximum atomic E-state index is 13.9. The van der Waals surface area contributed by atoms with E-state index in [0.29, 0.717) is 16.8 Å². The Morgan fingerprint density at radius 2 is 1.92 bits per heavy atom. The highest BCUT2D eigenvalue weighted by molar-refractivity contribution is 7.18. The summed E-state index contributed by atoms with van der Waals surface area (Å²) in [5.74, 6) is -4.34. The standard InChI is InChI=1S/C18H11F3N2O2S/c19-11-7-12(20)18-17(16(11)21)22-14(26-18)6-10-5-9-3-1-2-4-13(9)23(10)8-15(24)25/h1-5,7H,6,8H2,(H,24,25). The molecule has 4 nitrogen and oxygen atoms in total. The molecule has 0 spiro atoms. The Hall–Kier alpha value is -2.87. The minimum absolute atomic E-state index is 0.0557. The van der Waals surface area contributed by atoms with Crippen molar-refractivity contribution in [1.82, 2.24) is 9.55 Å². The maximum absolute atomic E-state index is 13.9. The minimum atomic E-state index is -1.29. The van der Waals surface area contributed by atoms with Crippen LogP contribution in [-0.4, -0.2) is 20.6 Å². The number of aliphatic carboxylic acids is 1. The molecule has 0 bridgehead atoms. The van der Waals surface area contributed by atoms with Gasteiger partial charge in [-0.05, 0) is 17.5 Å². The van der Waals surface area contributed by atoms with E-state index < -0.39 is 23.4 Å². The van der Waals surface area contributed by atoms with Crippen LogP contribution in [0.3, 0.4) is 0 Å². The van der Waals surface area contributed by atoms with Gasteiger partial charge in [-0.3, -0.25) is 4.79 Å². The van der Waals surface area contributed by atoms with Gasteiger partial charge in [0.2, 0.25) is 0 Å². The average Bonchev–Trinajstić information content (AvgIpc) is 3.16. The van der Waals surface area contributed by atoms with E-state index in [4.69, 9.17) is 0 Å². The van der Waals surface area contributed by atoms with Crippen LogP contribution < -0.4 is 0 Å². The topological polar surface area (TPSA) is 55.1 Å². The molecule has 0 unspecified atom stereocenters. The zero-order chi connectivity index (χ0) is 18.4. The molecule has 0 saturated heterocycles. The molecule has 2 aromatic carbocycles. The Balaban J connectivity index is 1.82. The van der Waals surface area contributed by atoms with E-state index in [9.17, 15) is 23.1 Å². The number of benzene rings is 2. The van der Waals surface area contributed by atoms with Crippen molar-refractivity contribution in [1.29, 1.82) is 0 Å². The second-order valence-corrected chi connectivity index (χ2v) is 6.87. The average molecular weight is 376 g/mol. The van der Waals surface area contributed by atoms with E-state index in [-0.39, 0.29) is 23.2 Å². The van der Waals surface area contributed by atoms with Crippen molar-refractivity contribution >= 4 is 38.4 Å². The molecule has 0 aliphatic carbocycles. The molecule has 0 aliphatic heterocycles. The fourth-order valence-electron chi connectivity index (χ4n) is 2.99. The maximum Gasteiger partial charge on any atom is 0.323 e. The zero-order valence-corrected chi connectivity index (χ0v) is 14.0. The molecule has 26 heavy (non-hydrogen) atoms. The third-order valence-corrected chi connectivity index (χ3v) is 5.15. The second kappa shape index (κ2) is 6.14. The van der Waals surface area contributed by atoms with Gasteiger partial charge in [0.15, 0.2) is 11.6 Å². The second-order valence-electron chi connectivity index (χ2n) is 5.79. The number of hydrogen-bond acceptors (Lipinski definition) is 3. The number of para-hydroxylation sites is 1. The molecule has 1 N–H and O–H groups in total. The van der Waals surface area contributed by atoms with Gasteiger partial charge in [0.25, 0.3) is 0 Å². The number of halogens is 3. The summed E-state index contributed by atoms with van der Waals surface area (Å²) in [5, 5.41) is 10.4. The highest BCUT2D eigenvalue weighted by atomic mass is 32.1. The van der Waals surface area contributed by atoms with E-state index in [1.165, 1.54) is 0 Å². The summed E-state index contributed by atoms with van der Waals surface area (Å²) in [5.41, 5.74) is 1.05. The van der Waals surface area contributed by atoms with Gasteiger partial charge in [0.05, 0.1) is 9.71 Å². The Labute approximate surface area is 149 Å². The van der Waals surface area contributed by atoms with Crippen LogP contribution in [-0.2, 0) is 17.8 Å². The molecule has 132 valence electrons. The lowest BCUT2D eigenvalue weighted by Crippen LogP contribution is -2.11. The summed E-state index contributed by atoms with van der Waals surface area (Å²) in [4.78, 5) is 15.2. The quantitative estimate of drug-likeness (QED) is 0.539. The largest absolute Gasteiger partial charge is 0.480 e. The van der Waals surface area contributed by atoms with Crippen LogP contribution in [0.5, 0.6) is 0 Å². The molecular formula is C18H11F3N2O2S. The summed E-state index contributed by atoms with van der Waals surface area (Å²) in [6.07, 6.45) is 0.182. The third-order valence-electron chi connectivity index (χ3n) is 4.08. The number of hydrogen-bond donors (Lipinski definition) is 1. The number of rotatable bonds is 4. The lowest BCUT2D eigenvalue weighted by atomic mass is 10.2. The molecule has 8 heteroatoms. The van der Waals surface area contributed by atoms with E-state index in [2.05, 4.69) is 4.98 Å². The van der Waals surface area contributed by atoms with Crippen molar-refractivity contribution in [3.05, 3.63) is 64.6 Å². The number of aromatic nitrogens is 2. The van der Waals surface area contributed by atoms with E-state index in [0.717, 1.165) is 22.2 Å². The highest BCUT2D eigenvalue weighted by Crippen LogP contribution is 2.31. The van der Waals surface area contributed by atoms with Crippen molar-refractivity contribution in [3.63, 3.8) is 0 Å². The van der Waals surface area contributed by atoms with Crippen molar-refractivity contribution < 1.29 is 23.1 Å². The van der Waals surface area contributed by atoms with Crippen LogP contribution in [0.2, 0.25) is 0 Å². The Bertz CT molecular complexity index is 1170. The smallest absolute Gasteiger partial charge is 0.323 e. The SMILES string of the molecule is O=C(O)Cn1c(Cc2nc3c(F)c(F)cc(F)c3s2)cc2ccccc21. The molecule has 0 saturated carbocycles. The summed E-state index contributed by atoms with van der Waals surface area (Å²) >= 11 is 0.926. The Morgan fingerprint density at radius 3 is 2.69 bits per heavy atom. The van der Waals surface area contributed by atoms with Gasteiger partial charge < -0.3 is 9.67 Å². The molecule has 0 aliphatic rings. The normalized spacial score (nSPS) is 11.5. The van der Waals surface area contributed by atoms with Crippen molar-refractivity contribution in [2.45, 2.75) is 13.0 Å². The number of carboxylic acids is 1. The summed E-state index contributed by atoms with van der Waals surface area (Å²) in [6.45, 7) is -0.245. The number of carboxylic acid groups (broad SMARTS) is 1. The summed E-state index contributed by atoms with van der Waals surface area (Å²) in [7, 11) is 0. The molecule has 0 fully saturated rings. The molecule has 0 amide bonds. The number of carbonyl (C=O) groups is 1. The molecule has 0 atom stereocenters. The van der Waals surface area contributed by atoms with Crippen molar-refractivity contribution in [2.75, 3.05) is 0 Å². The fourth-order valence-corrected chi connectivity index (χ4v) is 3.98. The molecule has 4 aromatic rings. The van der Waals surface area contributed by atoms with E-state index in [1.54, 1.807) is 16.7 Å². The molecule has 2 heterocycles. The van der Waals surface area contributed by atoms with Crippen LogP contribution in [0.25, 0.3) is 21.1 Å². The first-order chi connectivity index (χ1) is 12.4. The predicted octanol–water partition coefficient (Wildman–Crippen LogP) is 4.34. The van der Waals surface area contributed by atoms with Gasteiger partial charge >= 0.3 is 5.97 Å². The van der Waals surface area contributed by atoms with Crippen molar-refractivity contribution in [3.8, 4) is 0 Å². The Kier molecular flexibility index (Phi) is 3.91. The first-order valence-corrected chi connectivity index (χ1v) is 8.47. The Morgan fingerprint density at radius 1 is 1.15 bits per heavy atom.